The molecule has 1 aliphatic heterocycles. The SMILES string of the molecule is CCOCC1CCCN(c2nccnc2C#N)C1. The minimum atomic E-state index is 0.412. The van der Waals surface area contributed by atoms with Crippen LogP contribution in [0.2, 0.25) is 0 Å². The van der Waals surface area contributed by atoms with Gasteiger partial charge in [0.15, 0.2) is 11.5 Å². The molecule has 0 N–H and O–H groups in total. The van der Waals surface area contributed by atoms with Crippen LogP contribution in [0.1, 0.15) is 25.5 Å². The van der Waals surface area contributed by atoms with Gasteiger partial charge in [0, 0.05) is 32.1 Å². The first-order valence-corrected chi connectivity index (χ1v) is 6.39. The largest absolute Gasteiger partial charge is 0.381 e. The summed E-state index contributed by atoms with van der Waals surface area (Å²) in [6.45, 7) is 5.39. The van der Waals surface area contributed by atoms with Crippen molar-refractivity contribution in [2.24, 2.45) is 5.92 Å². The summed E-state index contributed by atoms with van der Waals surface area (Å²) in [4.78, 5) is 10.5. The van der Waals surface area contributed by atoms with Gasteiger partial charge in [-0.05, 0) is 25.7 Å². The van der Waals surface area contributed by atoms with E-state index in [1.165, 1.54) is 6.42 Å². The number of ether oxygens (including phenoxy) is 1. The van der Waals surface area contributed by atoms with Crippen LogP contribution >= 0.6 is 0 Å². The molecular weight excluding hydrogens is 228 g/mol. The number of hydrogen-bond donors (Lipinski definition) is 0. The van der Waals surface area contributed by atoms with Crippen molar-refractivity contribution >= 4 is 5.82 Å². The summed E-state index contributed by atoms with van der Waals surface area (Å²) in [7, 11) is 0. The zero-order valence-corrected chi connectivity index (χ0v) is 10.7. The van der Waals surface area contributed by atoms with Crippen molar-refractivity contribution in [3.05, 3.63) is 18.1 Å². The molecule has 0 radical (unpaired) electrons. The molecule has 0 aliphatic carbocycles. The number of nitriles is 1. The summed E-state index contributed by atoms with van der Waals surface area (Å²) in [5.41, 5.74) is 0.412. The Hall–Kier alpha value is -1.67. The average molecular weight is 246 g/mol. The van der Waals surface area contributed by atoms with Gasteiger partial charge in [-0.2, -0.15) is 5.26 Å². The summed E-state index contributed by atoms with van der Waals surface area (Å²) < 4.78 is 5.49. The number of nitrogens with zero attached hydrogens (tertiary/aromatic N) is 4. The molecule has 1 saturated heterocycles. The van der Waals surface area contributed by atoms with Crippen molar-refractivity contribution in [2.45, 2.75) is 19.8 Å². The number of aromatic nitrogens is 2. The maximum absolute atomic E-state index is 9.05. The predicted octanol–water partition coefficient (Wildman–Crippen LogP) is 1.60. The van der Waals surface area contributed by atoms with E-state index in [1.54, 1.807) is 12.4 Å². The minimum absolute atomic E-state index is 0.412. The molecule has 18 heavy (non-hydrogen) atoms. The maximum Gasteiger partial charge on any atom is 0.183 e. The highest BCUT2D eigenvalue weighted by Gasteiger charge is 2.23. The molecule has 0 spiro atoms. The number of hydrogen-bond acceptors (Lipinski definition) is 5. The molecule has 5 nitrogen and oxygen atoms in total. The Morgan fingerprint density at radius 2 is 2.33 bits per heavy atom. The molecule has 1 aromatic rings. The molecule has 1 unspecified atom stereocenters. The van der Waals surface area contributed by atoms with Crippen molar-refractivity contribution in [3.8, 4) is 6.07 Å². The third-order valence-electron chi connectivity index (χ3n) is 3.16. The highest BCUT2D eigenvalue weighted by molar-refractivity contribution is 5.49. The second-order valence-electron chi connectivity index (χ2n) is 4.45. The average Bonchev–Trinajstić information content (AvgIpc) is 2.45. The smallest absolute Gasteiger partial charge is 0.183 e. The third kappa shape index (κ3) is 2.96. The van der Waals surface area contributed by atoms with Crippen LogP contribution in [0.15, 0.2) is 12.4 Å². The summed E-state index contributed by atoms with van der Waals surface area (Å²) in [6.07, 6.45) is 5.49. The fourth-order valence-electron chi connectivity index (χ4n) is 2.32. The minimum Gasteiger partial charge on any atom is -0.381 e. The van der Waals surface area contributed by atoms with E-state index in [0.29, 0.717) is 17.4 Å². The number of piperidine rings is 1. The van der Waals surface area contributed by atoms with E-state index < -0.39 is 0 Å². The van der Waals surface area contributed by atoms with Gasteiger partial charge in [0.2, 0.25) is 0 Å². The summed E-state index contributed by atoms with van der Waals surface area (Å²) in [5, 5.41) is 9.05. The van der Waals surface area contributed by atoms with Gasteiger partial charge in [0.05, 0.1) is 6.61 Å². The molecule has 1 atom stereocenters. The van der Waals surface area contributed by atoms with Crippen LogP contribution < -0.4 is 4.90 Å². The van der Waals surface area contributed by atoms with Gasteiger partial charge in [0.1, 0.15) is 6.07 Å². The number of rotatable bonds is 4. The lowest BCUT2D eigenvalue weighted by atomic mass is 9.99. The van der Waals surface area contributed by atoms with Crippen molar-refractivity contribution in [1.29, 1.82) is 5.26 Å². The molecule has 2 heterocycles. The predicted molar refractivity (Wildman–Crippen MR) is 68.2 cm³/mol. The van der Waals surface area contributed by atoms with E-state index >= 15 is 0 Å². The van der Waals surface area contributed by atoms with Crippen LogP contribution in [0.5, 0.6) is 0 Å². The van der Waals surface area contributed by atoms with Gasteiger partial charge in [-0.3, -0.25) is 0 Å². The lowest BCUT2D eigenvalue weighted by Gasteiger charge is -2.33. The Kier molecular flexibility index (Phi) is 4.48. The molecule has 1 fully saturated rings. The van der Waals surface area contributed by atoms with Crippen LogP contribution in [-0.2, 0) is 4.74 Å². The van der Waals surface area contributed by atoms with Gasteiger partial charge < -0.3 is 9.64 Å². The Morgan fingerprint density at radius 1 is 1.50 bits per heavy atom. The quantitative estimate of drug-likeness (QED) is 0.807. The highest BCUT2D eigenvalue weighted by Crippen LogP contribution is 2.23. The van der Waals surface area contributed by atoms with Crippen LogP contribution in [0.25, 0.3) is 0 Å². The monoisotopic (exact) mass is 246 g/mol. The molecule has 0 saturated carbocycles. The molecular formula is C13H18N4O. The van der Waals surface area contributed by atoms with E-state index in [9.17, 15) is 0 Å². The molecule has 2 rings (SSSR count). The van der Waals surface area contributed by atoms with Crippen LogP contribution in [0, 0.1) is 17.2 Å². The normalized spacial score (nSPS) is 19.6. The van der Waals surface area contributed by atoms with Gasteiger partial charge in [0.25, 0.3) is 0 Å². The zero-order chi connectivity index (χ0) is 12.8. The lowest BCUT2D eigenvalue weighted by Crippen LogP contribution is -2.38. The number of anilines is 1. The molecule has 5 heteroatoms. The fourth-order valence-corrected chi connectivity index (χ4v) is 2.32. The zero-order valence-electron chi connectivity index (χ0n) is 10.7. The van der Waals surface area contributed by atoms with E-state index in [0.717, 1.165) is 32.7 Å². The van der Waals surface area contributed by atoms with Crippen LogP contribution in [-0.4, -0.2) is 36.3 Å². The molecule has 1 aromatic heterocycles. The van der Waals surface area contributed by atoms with Gasteiger partial charge >= 0.3 is 0 Å². The molecule has 0 aromatic carbocycles. The van der Waals surface area contributed by atoms with E-state index in [4.69, 9.17) is 10.00 Å². The summed E-state index contributed by atoms with van der Waals surface area (Å²) in [5.74, 6) is 1.23. The Balaban J connectivity index is 2.06. The van der Waals surface area contributed by atoms with E-state index in [-0.39, 0.29) is 0 Å². The standard InChI is InChI=1S/C13H18N4O/c1-2-18-10-11-4-3-7-17(9-11)13-12(8-14)15-5-6-16-13/h5-6,11H,2-4,7,9-10H2,1H3. The van der Waals surface area contributed by atoms with Crippen molar-refractivity contribution in [1.82, 2.24) is 9.97 Å². The second-order valence-corrected chi connectivity index (χ2v) is 4.45. The summed E-state index contributed by atoms with van der Waals surface area (Å²) >= 11 is 0. The first kappa shape index (κ1) is 12.8. The van der Waals surface area contributed by atoms with Crippen LogP contribution in [0.4, 0.5) is 5.82 Å². The third-order valence-corrected chi connectivity index (χ3v) is 3.16. The van der Waals surface area contributed by atoms with Crippen molar-refractivity contribution in [2.75, 3.05) is 31.2 Å². The van der Waals surface area contributed by atoms with E-state index in [2.05, 4.69) is 20.9 Å². The maximum atomic E-state index is 9.05. The Morgan fingerprint density at radius 3 is 3.11 bits per heavy atom. The molecule has 0 bridgehead atoms. The summed E-state index contributed by atoms with van der Waals surface area (Å²) in [6, 6.07) is 2.10. The topological polar surface area (TPSA) is 62.0 Å². The second kappa shape index (κ2) is 6.31. The Labute approximate surface area is 107 Å². The fraction of sp³-hybridized carbons (Fsp3) is 0.615. The Bertz CT molecular complexity index is 429. The highest BCUT2D eigenvalue weighted by atomic mass is 16.5. The molecule has 1 aliphatic rings. The lowest BCUT2D eigenvalue weighted by molar-refractivity contribution is 0.104. The first-order valence-electron chi connectivity index (χ1n) is 6.39. The molecule has 0 amide bonds. The van der Waals surface area contributed by atoms with Crippen molar-refractivity contribution < 1.29 is 4.74 Å². The molecule has 96 valence electrons. The van der Waals surface area contributed by atoms with Crippen molar-refractivity contribution in [3.63, 3.8) is 0 Å². The van der Waals surface area contributed by atoms with Gasteiger partial charge in [-0.15, -0.1) is 0 Å². The van der Waals surface area contributed by atoms with Gasteiger partial charge in [-0.25, -0.2) is 9.97 Å². The van der Waals surface area contributed by atoms with Crippen LogP contribution in [0.3, 0.4) is 0 Å². The first-order chi connectivity index (χ1) is 8.85. The van der Waals surface area contributed by atoms with E-state index in [1.807, 2.05) is 6.92 Å². The van der Waals surface area contributed by atoms with Gasteiger partial charge in [-0.1, -0.05) is 0 Å².